The molecule has 2 aromatic carbocycles. The summed E-state index contributed by atoms with van der Waals surface area (Å²) in [5.41, 5.74) is 1.69. The van der Waals surface area contributed by atoms with Gasteiger partial charge in [-0.15, -0.1) is 0 Å². The largest absolute Gasteiger partial charge is 0.367 e. The second-order valence-corrected chi connectivity index (χ2v) is 5.84. The van der Waals surface area contributed by atoms with Crippen molar-refractivity contribution in [2.24, 2.45) is 0 Å². The van der Waals surface area contributed by atoms with E-state index in [1.807, 2.05) is 43.1 Å². The van der Waals surface area contributed by atoms with Gasteiger partial charge in [0.05, 0.1) is 12.1 Å². The van der Waals surface area contributed by atoms with Gasteiger partial charge in [-0.3, -0.25) is 9.89 Å². The maximum absolute atomic E-state index is 14.0. The average Bonchev–Trinajstić information content (AvgIpc) is 3.16. The standard InChI is InChI=1S/C19H20FN5O/c1-3-25(19(26)16-9-4-5-10-17(16)20)15-8-6-7-14(11-15)24(2)12-18-21-13-22-23-18/h4-11,13H,3,12H2,1-2H3,(H,21,22,23). The Morgan fingerprint density at radius 1 is 1.15 bits per heavy atom. The third-order valence-corrected chi connectivity index (χ3v) is 4.10. The van der Waals surface area contributed by atoms with Crippen LogP contribution in [0.2, 0.25) is 0 Å². The van der Waals surface area contributed by atoms with Gasteiger partial charge in [-0.2, -0.15) is 5.10 Å². The molecule has 1 amide bonds. The molecule has 0 saturated heterocycles. The molecule has 1 heterocycles. The van der Waals surface area contributed by atoms with Crippen LogP contribution in [0.4, 0.5) is 15.8 Å². The van der Waals surface area contributed by atoms with E-state index < -0.39 is 5.82 Å². The number of carbonyl (C=O) groups excluding carboxylic acids is 1. The number of benzene rings is 2. The van der Waals surface area contributed by atoms with Gasteiger partial charge in [0.1, 0.15) is 18.0 Å². The van der Waals surface area contributed by atoms with Gasteiger partial charge in [0, 0.05) is 25.0 Å². The maximum atomic E-state index is 14.0. The van der Waals surface area contributed by atoms with Gasteiger partial charge in [-0.25, -0.2) is 9.37 Å². The fourth-order valence-corrected chi connectivity index (χ4v) is 2.74. The minimum Gasteiger partial charge on any atom is -0.367 e. The molecule has 0 aliphatic carbocycles. The Morgan fingerprint density at radius 2 is 1.92 bits per heavy atom. The number of aromatic nitrogens is 3. The third kappa shape index (κ3) is 3.72. The first-order chi connectivity index (χ1) is 12.6. The number of amides is 1. The highest BCUT2D eigenvalue weighted by atomic mass is 19.1. The van der Waals surface area contributed by atoms with E-state index in [1.54, 1.807) is 17.0 Å². The molecule has 3 rings (SSSR count). The van der Waals surface area contributed by atoms with E-state index in [0.29, 0.717) is 18.8 Å². The highest BCUT2D eigenvalue weighted by Gasteiger charge is 2.19. The van der Waals surface area contributed by atoms with Crippen molar-refractivity contribution in [3.05, 3.63) is 72.1 Å². The van der Waals surface area contributed by atoms with E-state index in [0.717, 1.165) is 11.5 Å². The summed E-state index contributed by atoms with van der Waals surface area (Å²) in [5.74, 6) is -0.136. The summed E-state index contributed by atoms with van der Waals surface area (Å²) in [6, 6.07) is 13.6. The van der Waals surface area contributed by atoms with Crippen molar-refractivity contribution in [3.63, 3.8) is 0 Å². The van der Waals surface area contributed by atoms with Crippen LogP contribution >= 0.6 is 0 Å². The molecule has 1 N–H and O–H groups in total. The molecule has 1 aromatic heterocycles. The molecule has 0 radical (unpaired) electrons. The average molecular weight is 353 g/mol. The quantitative estimate of drug-likeness (QED) is 0.739. The number of nitrogens with zero attached hydrogens (tertiary/aromatic N) is 4. The molecule has 0 aliphatic heterocycles. The lowest BCUT2D eigenvalue weighted by Gasteiger charge is -2.24. The van der Waals surface area contributed by atoms with E-state index >= 15 is 0 Å². The van der Waals surface area contributed by atoms with Gasteiger partial charge in [0.2, 0.25) is 0 Å². The highest BCUT2D eigenvalue weighted by Crippen LogP contribution is 2.24. The SMILES string of the molecule is CCN(C(=O)c1ccccc1F)c1cccc(N(C)Cc2ncn[nH]2)c1. The van der Waals surface area contributed by atoms with Crippen molar-refractivity contribution in [3.8, 4) is 0 Å². The van der Waals surface area contributed by atoms with Gasteiger partial charge < -0.3 is 9.80 Å². The summed E-state index contributed by atoms with van der Waals surface area (Å²) in [6.07, 6.45) is 1.46. The number of hydrogen-bond acceptors (Lipinski definition) is 4. The van der Waals surface area contributed by atoms with Crippen LogP contribution in [0.5, 0.6) is 0 Å². The molecule has 0 spiro atoms. The summed E-state index contributed by atoms with van der Waals surface area (Å²) >= 11 is 0. The molecule has 134 valence electrons. The highest BCUT2D eigenvalue weighted by molar-refractivity contribution is 6.06. The van der Waals surface area contributed by atoms with Crippen LogP contribution in [0.3, 0.4) is 0 Å². The minimum absolute atomic E-state index is 0.0646. The summed E-state index contributed by atoms with van der Waals surface area (Å²) < 4.78 is 14.0. The molecule has 26 heavy (non-hydrogen) atoms. The molecule has 0 fully saturated rings. The van der Waals surface area contributed by atoms with Gasteiger partial charge in [0.25, 0.3) is 5.91 Å². The predicted molar refractivity (Wildman–Crippen MR) is 98.7 cm³/mol. The van der Waals surface area contributed by atoms with Crippen molar-refractivity contribution in [2.75, 3.05) is 23.4 Å². The van der Waals surface area contributed by atoms with Crippen molar-refractivity contribution in [2.45, 2.75) is 13.5 Å². The van der Waals surface area contributed by atoms with Gasteiger partial charge in [-0.05, 0) is 37.3 Å². The lowest BCUT2D eigenvalue weighted by Crippen LogP contribution is -2.31. The zero-order chi connectivity index (χ0) is 18.5. The first kappa shape index (κ1) is 17.6. The normalized spacial score (nSPS) is 10.6. The van der Waals surface area contributed by atoms with E-state index in [1.165, 1.54) is 18.5 Å². The first-order valence-electron chi connectivity index (χ1n) is 8.32. The second kappa shape index (κ2) is 7.77. The molecular formula is C19H20FN5O. The molecule has 0 atom stereocenters. The van der Waals surface area contributed by atoms with E-state index in [-0.39, 0.29) is 11.5 Å². The lowest BCUT2D eigenvalue weighted by molar-refractivity contribution is 0.0984. The first-order valence-corrected chi connectivity index (χ1v) is 8.32. The summed E-state index contributed by atoms with van der Waals surface area (Å²) in [5, 5.41) is 6.67. The van der Waals surface area contributed by atoms with Crippen LogP contribution in [0.1, 0.15) is 23.1 Å². The Hall–Kier alpha value is -3.22. The molecule has 0 bridgehead atoms. The maximum Gasteiger partial charge on any atom is 0.261 e. The number of halogens is 1. The lowest BCUT2D eigenvalue weighted by atomic mass is 10.1. The Labute approximate surface area is 151 Å². The van der Waals surface area contributed by atoms with Crippen LogP contribution in [0.15, 0.2) is 54.9 Å². The van der Waals surface area contributed by atoms with Crippen LogP contribution in [0, 0.1) is 5.82 Å². The van der Waals surface area contributed by atoms with Crippen LogP contribution in [-0.4, -0.2) is 34.7 Å². The zero-order valence-corrected chi connectivity index (χ0v) is 14.7. The molecule has 6 nitrogen and oxygen atoms in total. The molecule has 0 aliphatic rings. The molecule has 0 unspecified atom stereocenters. The number of aromatic amines is 1. The third-order valence-electron chi connectivity index (χ3n) is 4.10. The number of nitrogens with one attached hydrogen (secondary N) is 1. The van der Waals surface area contributed by atoms with Crippen molar-refractivity contribution >= 4 is 17.3 Å². The van der Waals surface area contributed by atoms with E-state index in [4.69, 9.17) is 0 Å². The fraction of sp³-hybridized carbons (Fsp3) is 0.211. The summed E-state index contributed by atoms with van der Waals surface area (Å²) in [7, 11) is 1.93. The monoisotopic (exact) mass is 353 g/mol. The Balaban J connectivity index is 1.85. The Kier molecular flexibility index (Phi) is 5.26. The Morgan fingerprint density at radius 3 is 2.62 bits per heavy atom. The molecule has 7 heteroatoms. The van der Waals surface area contributed by atoms with Crippen LogP contribution in [-0.2, 0) is 6.54 Å². The van der Waals surface area contributed by atoms with E-state index in [9.17, 15) is 9.18 Å². The smallest absolute Gasteiger partial charge is 0.261 e. The number of H-pyrrole nitrogens is 1. The molecule has 3 aromatic rings. The molecular weight excluding hydrogens is 333 g/mol. The second-order valence-electron chi connectivity index (χ2n) is 5.84. The van der Waals surface area contributed by atoms with Crippen molar-refractivity contribution < 1.29 is 9.18 Å². The van der Waals surface area contributed by atoms with Gasteiger partial charge in [-0.1, -0.05) is 18.2 Å². The number of carbonyl (C=O) groups is 1. The summed E-state index contributed by atoms with van der Waals surface area (Å²) in [6.45, 7) is 2.85. The van der Waals surface area contributed by atoms with Crippen LogP contribution in [0.25, 0.3) is 0 Å². The van der Waals surface area contributed by atoms with Crippen molar-refractivity contribution in [1.29, 1.82) is 0 Å². The fourth-order valence-electron chi connectivity index (χ4n) is 2.74. The Bertz CT molecular complexity index is 881. The van der Waals surface area contributed by atoms with Gasteiger partial charge in [0.15, 0.2) is 0 Å². The van der Waals surface area contributed by atoms with Gasteiger partial charge >= 0.3 is 0 Å². The van der Waals surface area contributed by atoms with Crippen molar-refractivity contribution in [1.82, 2.24) is 15.2 Å². The zero-order valence-electron chi connectivity index (χ0n) is 14.7. The predicted octanol–water partition coefficient (Wildman–Crippen LogP) is 3.25. The van der Waals surface area contributed by atoms with E-state index in [2.05, 4.69) is 15.2 Å². The number of hydrogen-bond donors (Lipinski definition) is 1. The van der Waals surface area contributed by atoms with Crippen LogP contribution < -0.4 is 9.80 Å². The summed E-state index contributed by atoms with van der Waals surface area (Å²) in [4.78, 5) is 20.5. The number of rotatable bonds is 6. The topological polar surface area (TPSA) is 65.1 Å². The minimum atomic E-state index is -0.519. The molecule has 0 saturated carbocycles. The number of anilines is 2.